The quantitative estimate of drug-likeness (QED) is 0.435. The van der Waals surface area contributed by atoms with E-state index < -0.39 is 0 Å². The van der Waals surface area contributed by atoms with Crippen LogP contribution in [0.15, 0.2) is 0 Å². The second kappa shape index (κ2) is 15.9. The van der Waals surface area contributed by atoms with Gasteiger partial charge in [0, 0.05) is 0 Å². The number of hydrogen-bond acceptors (Lipinski definition) is 2. The molecule has 0 bridgehead atoms. The zero-order chi connectivity index (χ0) is 12.6. The molecule has 1 rings (SSSR count). The highest BCUT2D eigenvalue weighted by Crippen LogP contribution is 2.09. The molecule has 0 spiro atoms. The summed E-state index contributed by atoms with van der Waals surface area (Å²) in [4.78, 5) is 0. The molecule has 0 saturated carbocycles. The van der Waals surface area contributed by atoms with Gasteiger partial charge in [-0.2, -0.15) is 0 Å². The first kappa shape index (κ1) is 16.9. The van der Waals surface area contributed by atoms with E-state index in [1.165, 1.54) is 70.8 Å². The van der Waals surface area contributed by atoms with Crippen LogP contribution in [0.3, 0.4) is 0 Å². The van der Waals surface area contributed by atoms with Gasteiger partial charge in [0.1, 0.15) is 0 Å². The van der Waals surface area contributed by atoms with E-state index in [0.717, 1.165) is 13.2 Å². The van der Waals surface area contributed by atoms with Crippen LogP contribution in [0.4, 0.5) is 0 Å². The summed E-state index contributed by atoms with van der Waals surface area (Å²) in [5.74, 6) is 0. The Hall–Kier alpha value is -0.0800. The van der Waals surface area contributed by atoms with Gasteiger partial charge in [-0.1, -0.05) is 64.7 Å². The Kier molecular flexibility index (Phi) is 15.8. The summed E-state index contributed by atoms with van der Waals surface area (Å²) in [7, 11) is 2.04. The monoisotopic (exact) mass is 243 g/mol. The second-order valence-electron chi connectivity index (χ2n) is 4.90. The number of hydrogen-bond donors (Lipinski definition) is 1. The lowest BCUT2D eigenvalue weighted by atomic mass is 10.1. The minimum Gasteiger partial charge on any atom is -0.377 e. The first-order chi connectivity index (χ1) is 8.41. The molecule has 0 aliphatic carbocycles. The molecule has 104 valence electrons. The molecule has 1 aliphatic rings. The summed E-state index contributed by atoms with van der Waals surface area (Å²) in [5, 5.41) is 3.19. The third-order valence-electron chi connectivity index (χ3n) is 2.98. The molecule has 17 heavy (non-hydrogen) atoms. The summed E-state index contributed by atoms with van der Waals surface area (Å²) in [6.45, 7) is 5.47. The highest BCUT2D eigenvalue weighted by Gasteiger charge is 1.94. The van der Waals surface area contributed by atoms with E-state index in [-0.39, 0.29) is 0 Å². The summed E-state index contributed by atoms with van der Waals surface area (Å²) in [6, 6.07) is 0. The summed E-state index contributed by atoms with van der Waals surface area (Å²) >= 11 is 0. The van der Waals surface area contributed by atoms with Crippen LogP contribution in [-0.2, 0) is 4.74 Å². The molecule has 0 aromatic carbocycles. The van der Waals surface area contributed by atoms with Crippen molar-refractivity contribution in [1.82, 2.24) is 5.32 Å². The van der Waals surface area contributed by atoms with Crippen LogP contribution in [0.25, 0.3) is 0 Å². The first-order valence-electron chi connectivity index (χ1n) is 7.64. The van der Waals surface area contributed by atoms with Crippen molar-refractivity contribution in [2.24, 2.45) is 0 Å². The third-order valence-corrected chi connectivity index (χ3v) is 2.98. The number of rotatable bonds is 11. The third kappa shape index (κ3) is 21.7. The fourth-order valence-electron chi connectivity index (χ4n) is 1.79. The SMILES string of the molecule is C1CO1.CCCCCCCCCCCCNC. The van der Waals surface area contributed by atoms with E-state index in [0.29, 0.717) is 0 Å². The summed E-state index contributed by atoms with van der Waals surface area (Å²) in [5.41, 5.74) is 0. The molecule has 0 aromatic rings. The van der Waals surface area contributed by atoms with Crippen LogP contribution in [-0.4, -0.2) is 26.8 Å². The van der Waals surface area contributed by atoms with Crippen LogP contribution >= 0.6 is 0 Å². The molecule has 0 unspecified atom stereocenters. The maximum atomic E-state index is 4.50. The lowest BCUT2D eigenvalue weighted by Crippen LogP contribution is -2.06. The van der Waals surface area contributed by atoms with Crippen LogP contribution < -0.4 is 5.32 Å². The molecule has 0 aromatic heterocycles. The molecule has 2 nitrogen and oxygen atoms in total. The molecule has 1 heterocycles. The topological polar surface area (TPSA) is 24.6 Å². The van der Waals surface area contributed by atoms with Crippen molar-refractivity contribution in [3.63, 3.8) is 0 Å². The number of unbranched alkanes of at least 4 members (excludes halogenated alkanes) is 9. The molecule has 1 N–H and O–H groups in total. The van der Waals surface area contributed by atoms with Crippen molar-refractivity contribution in [2.45, 2.75) is 71.1 Å². The van der Waals surface area contributed by atoms with Gasteiger partial charge in [0.2, 0.25) is 0 Å². The van der Waals surface area contributed by atoms with Crippen molar-refractivity contribution >= 4 is 0 Å². The standard InChI is InChI=1S/C13H29N.C2H4O/c1-3-4-5-6-7-8-9-10-11-12-13-14-2;1-2-3-1/h14H,3-13H2,1-2H3;1-2H2. The Morgan fingerprint density at radius 3 is 1.53 bits per heavy atom. The highest BCUT2D eigenvalue weighted by atomic mass is 16.6. The highest BCUT2D eigenvalue weighted by molar-refractivity contribution is 4.48. The first-order valence-corrected chi connectivity index (χ1v) is 7.64. The lowest BCUT2D eigenvalue weighted by molar-refractivity contribution is 0.475. The van der Waals surface area contributed by atoms with Crippen LogP contribution in [0.1, 0.15) is 71.1 Å². The predicted molar refractivity (Wildman–Crippen MR) is 76.6 cm³/mol. The van der Waals surface area contributed by atoms with Gasteiger partial charge >= 0.3 is 0 Å². The van der Waals surface area contributed by atoms with Gasteiger partial charge in [0.15, 0.2) is 0 Å². The van der Waals surface area contributed by atoms with E-state index >= 15 is 0 Å². The molecular weight excluding hydrogens is 210 g/mol. The Morgan fingerprint density at radius 2 is 1.18 bits per heavy atom. The van der Waals surface area contributed by atoms with E-state index in [4.69, 9.17) is 0 Å². The minimum atomic E-state index is 1.00. The Morgan fingerprint density at radius 1 is 0.765 bits per heavy atom. The number of epoxide rings is 1. The van der Waals surface area contributed by atoms with Crippen molar-refractivity contribution in [3.8, 4) is 0 Å². The fourth-order valence-corrected chi connectivity index (χ4v) is 1.79. The molecule has 1 aliphatic heterocycles. The van der Waals surface area contributed by atoms with Gasteiger partial charge in [-0.3, -0.25) is 0 Å². The van der Waals surface area contributed by atoms with Gasteiger partial charge in [0.25, 0.3) is 0 Å². The molecule has 1 saturated heterocycles. The van der Waals surface area contributed by atoms with E-state index in [1.807, 2.05) is 7.05 Å². The van der Waals surface area contributed by atoms with Crippen LogP contribution in [0.5, 0.6) is 0 Å². The molecular formula is C15H33NO. The second-order valence-corrected chi connectivity index (χ2v) is 4.90. The maximum absolute atomic E-state index is 4.50. The van der Waals surface area contributed by atoms with Crippen LogP contribution in [0, 0.1) is 0 Å². The predicted octanol–water partition coefficient (Wildman–Crippen LogP) is 4.14. The summed E-state index contributed by atoms with van der Waals surface area (Å²) in [6.07, 6.45) is 14.3. The molecule has 1 fully saturated rings. The smallest absolute Gasteiger partial charge is 0.0701 e. The maximum Gasteiger partial charge on any atom is 0.0701 e. The average molecular weight is 243 g/mol. The lowest BCUT2D eigenvalue weighted by Gasteiger charge is -2.01. The zero-order valence-corrected chi connectivity index (χ0v) is 12.1. The summed E-state index contributed by atoms with van der Waals surface area (Å²) < 4.78 is 4.50. The van der Waals surface area contributed by atoms with Crippen molar-refractivity contribution in [1.29, 1.82) is 0 Å². The number of nitrogens with one attached hydrogen (secondary N) is 1. The molecule has 0 radical (unpaired) electrons. The minimum absolute atomic E-state index is 1.00. The largest absolute Gasteiger partial charge is 0.377 e. The van der Waals surface area contributed by atoms with Crippen molar-refractivity contribution in [3.05, 3.63) is 0 Å². The molecule has 0 atom stereocenters. The fraction of sp³-hybridized carbons (Fsp3) is 1.00. The zero-order valence-electron chi connectivity index (χ0n) is 12.1. The molecule has 0 amide bonds. The van der Waals surface area contributed by atoms with Gasteiger partial charge in [-0.05, 0) is 20.0 Å². The van der Waals surface area contributed by atoms with Crippen molar-refractivity contribution in [2.75, 3.05) is 26.8 Å². The average Bonchev–Trinajstić information content (AvgIpc) is 3.19. The van der Waals surface area contributed by atoms with E-state index in [2.05, 4.69) is 17.0 Å². The van der Waals surface area contributed by atoms with Gasteiger partial charge in [-0.15, -0.1) is 0 Å². The van der Waals surface area contributed by atoms with Gasteiger partial charge in [-0.25, -0.2) is 0 Å². The van der Waals surface area contributed by atoms with Crippen LogP contribution in [0.2, 0.25) is 0 Å². The van der Waals surface area contributed by atoms with Crippen molar-refractivity contribution < 1.29 is 4.74 Å². The van der Waals surface area contributed by atoms with Gasteiger partial charge < -0.3 is 10.1 Å². The Labute approximate surface area is 109 Å². The number of ether oxygens (including phenoxy) is 1. The van der Waals surface area contributed by atoms with E-state index in [1.54, 1.807) is 0 Å². The Bertz CT molecular complexity index is 111. The Balaban J connectivity index is 0.000000728. The molecule has 2 heteroatoms. The van der Waals surface area contributed by atoms with E-state index in [9.17, 15) is 0 Å². The normalized spacial score (nSPS) is 13.1. The van der Waals surface area contributed by atoms with Gasteiger partial charge in [0.05, 0.1) is 13.2 Å².